The van der Waals surface area contributed by atoms with Gasteiger partial charge in [0.15, 0.2) is 0 Å². The topological polar surface area (TPSA) is 56.1 Å². The van der Waals surface area contributed by atoms with Gasteiger partial charge >= 0.3 is 0 Å². The highest BCUT2D eigenvalue weighted by atomic mass is 35.5. The monoisotopic (exact) mass is 305 g/mol. The average molecular weight is 306 g/mol. The smallest absolute Gasteiger partial charge is 0.229 e. The van der Waals surface area contributed by atoms with Crippen LogP contribution in [0.25, 0.3) is 0 Å². The minimum Gasteiger partial charge on any atom is -0.338 e. The zero-order valence-corrected chi connectivity index (χ0v) is 12.8. The predicted octanol–water partition coefficient (Wildman–Crippen LogP) is 2.08. The summed E-state index contributed by atoms with van der Waals surface area (Å²) in [6.07, 6.45) is 2.85. The Balaban J connectivity index is 0.00000161. The van der Waals surface area contributed by atoms with E-state index >= 15 is 0 Å². The Hall–Kier alpha value is -1.57. The van der Waals surface area contributed by atoms with Crippen molar-refractivity contribution in [3.63, 3.8) is 0 Å². The van der Waals surface area contributed by atoms with E-state index < -0.39 is 0 Å². The van der Waals surface area contributed by atoms with E-state index in [1.807, 2.05) is 29.2 Å². The van der Waals surface area contributed by atoms with Crippen molar-refractivity contribution in [1.29, 1.82) is 5.26 Å². The van der Waals surface area contributed by atoms with Crippen LogP contribution in [-0.2, 0) is 11.3 Å². The summed E-state index contributed by atoms with van der Waals surface area (Å²) < 4.78 is 0. The quantitative estimate of drug-likeness (QED) is 0.910. The molecular formula is C16H20ClN3O. The van der Waals surface area contributed by atoms with Gasteiger partial charge in [-0.15, -0.1) is 12.4 Å². The van der Waals surface area contributed by atoms with Crippen LogP contribution >= 0.6 is 12.4 Å². The first-order valence-corrected chi connectivity index (χ1v) is 7.23. The second-order valence-electron chi connectivity index (χ2n) is 5.78. The fourth-order valence-electron chi connectivity index (χ4n) is 3.39. The van der Waals surface area contributed by atoms with Crippen LogP contribution in [0.4, 0.5) is 0 Å². The molecule has 1 aromatic carbocycles. The van der Waals surface area contributed by atoms with E-state index in [-0.39, 0.29) is 23.7 Å². The molecule has 2 saturated heterocycles. The van der Waals surface area contributed by atoms with Crippen molar-refractivity contribution in [2.45, 2.75) is 25.8 Å². The molecular weight excluding hydrogens is 286 g/mol. The van der Waals surface area contributed by atoms with Crippen LogP contribution in [0.15, 0.2) is 24.3 Å². The van der Waals surface area contributed by atoms with E-state index in [2.05, 4.69) is 11.4 Å². The Labute approximate surface area is 131 Å². The lowest BCUT2D eigenvalue weighted by Crippen LogP contribution is -2.42. The third kappa shape index (κ3) is 2.90. The summed E-state index contributed by atoms with van der Waals surface area (Å²) in [6, 6.07) is 9.76. The van der Waals surface area contributed by atoms with Crippen molar-refractivity contribution >= 4 is 18.3 Å². The highest BCUT2D eigenvalue weighted by Crippen LogP contribution is 2.40. The lowest BCUT2D eigenvalue weighted by atomic mass is 9.78. The number of amides is 1. The van der Waals surface area contributed by atoms with E-state index in [4.69, 9.17) is 5.26 Å². The largest absolute Gasteiger partial charge is 0.338 e. The third-order valence-corrected chi connectivity index (χ3v) is 4.66. The van der Waals surface area contributed by atoms with E-state index in [0.717, 1.165) is 44.5 Å². The molecule has 0 aromatic heterocycles. The van der Waals surface area contributed by atoms with Crippen molar-refractivity contribution in [2.24, 2.45) is 5.41 Å². The van der Waals surface area contributed by atoms with Gasteiger partial charge in [-0.1, -0.05) is 18.2 Å². The second kappa shape index (κ2) is 6.46. The third-order valence-electron chi connectivity index (χ3n) is 4.66. The maximum absolute atomic E-state index is 12.7. The molecule has 5 heteroatoms. The molecule has 2 fully saturated rings. The van der Waals surface area contributed by atoms with Gasteiger partial charge in [-0.25, -0.2) is 0 Å². The number of hydrogen-bond acceptors (Lipinski definition) is 3. The van der Waals surface area contributed by atoms with E-state index in [0.29, 0.717) is 12.1 Å². The van der Waals surface area contributed by atoms with E-state index in [1.54, 1.807) is 0 Å². The number of likely N-dealkylation sites (tertiary alicyclic amines) is 1. The number of hydrogen-bond donors (Lipinski definition) is 1. The van der Waals surface area contributed by atoms with Gasteiger partial charge in [0.25, 0.3) is 0 Å². The van der Waals surface area contributed by atoms with Gasteiger partial charge in [-0.3, -0.25) is 4.79 Å². The lowest BCUT2D eigenvalue weighted by molar-refractivity contribution is -0.137. The van der Waals surface area contributed by atoms with Crippen LogP contribution in [0.3, 0.4) is 0 Å². The summed E-state index contributed by atoms with van der Waals surface area (Å²) >= 11 is 0. The van der Waals surface area contributed by atoms with Gasteiger partial charge < -0.3 is 10.2 Å². The number of carbonyl (C=O) groups is 1. The molecule has 0 atom stereocenters. The second-order valence-corrected chi connectivity index (χ2v) is 5.78. The first-order chi connectivity index (χ1) is 9.75. The number of piperidine rings is 1. The zero-order chi connectivity index (χ0) is 14.0. The molecule has 2 aliphatic rings. The molecule has 2 aliphatic heterocycles. The summed E-state index contributed by atoms with van der Waals surface area (Å²) in [5.74, 6) is 0.284. The van der Waals surface area contributed by atoms with Gasteiger partial charge in [0, 0.05) is 13.1 Å². The lowest BCUT2D eigenvalue weighted by Gasteiger charge is -2.32. The standard InChI is InChI=1S/C16H19N3O.ClH/c17-11-13-3-1-2-4-14(13)12-19-10-7-16(15(19)20)5-8-18-9-6-16;/h1-4,18H,5-10,12H2;1H. The molecule has 21 heavy (non-hydrogen) atoms. The van der Waals surface area contributed by atoms with Crippen LogP contribution in [0.5, 0.6) is 0 Å². The van der Waals surface area contributed by atoms with Crippen LogP contribution < -0.4 is 5.32 Å². The molecule has 0 bridgehead atoms. The van der Waals surface area contributed by atoms with Crippen molar-refractivity contribution in [1.82, 2.24) is 10.2 Å². The number of nitrogens with zero attached hydrogens (tertiary/aromatic N) is 2. The molecule has 1 amide bonds. The summed E-state index contributed by atoms with van der Waals surface area (Å²) in [5.41, 5.74) is 1.49. The summed E-state index contributed by atoms with van der Waals surface area (Å²) in [5, 5.41) is 12.5. The molecule has 0 unspecified atom stereocenters. The molecule has 0 saturated carbocycles. The van der Waals surface area contributed by atoms with E-state index in [9.17, 15) is 4.79 Å². The SMILES string of the molecule is Cl.N#Cc1ccccc1CN1CCC2(CCNCC2)C1=O. The summed E-state index contributed by atoms with van der Waals surface area (Å²) in [6.45, 7) is 3.26. The molecule has 0 aliphatic carbocycles. The summed E-state index contributed by atoms with van der Waals surface area (Å²) in [7, 11) is 0. The van der Waals surface area contributed by atoms with Gasteiger partial charge in [0.2, 0.25) is 5.91 Å². The molecule has 1 spiro atoms. The first kappa shape index (κ1) is 15.8. The number of carbonyl (C=O) groups excluding carboxylic acids is 1. The minimum absolute atomic E-state index is 0. The maximum Gasteiger partial charge on any atom is 0.229 e. The molecule has 112 valence electrons. The Bertz CT molecular complexity index is 561. The average Bonchev–Trinajstić information content (AvgIpc) is 2.78. The molecule has 4 nitrogen and oxygen atoms in total. The number of nitriles is 1. The maximum atomic E-state index is 12.7. The summed E-state index contributed by atoms with van der Waals surface area (Å²) in [4.78, 5) is 14.6. The van der Waals surface area contributed by atoms with Gasteiger partial charge in [0.05, 0.1) is 17.0 Å². The molecule has 1 N–H and O–H groups in total. The van der Waals surface area contributed by atoms with Crippen LogP contribution in [0, 0.1) is 16.7 Å². The van der Waals surface area contributed by atoms with Crippen molar-refractivity contribution in [3.8, 4) is 6.07 Å². The minimum atomic E-state index is -0.132. The molecule has 3 rings (SSSR count). The number of rotatable bonds is 2. The van der Waals surface area contributed by atoms with Crippen molar-refractivity contribution in [2.75, 3.05) is 19.6 Å². The van der Waals surface area contributed by atoms with Crippen LogP contribution in [-0.4, -0.2) is 30.4 Å². The normalized spacial score (nSPS) is 20.1. The number of halogens is 1. The zero-order valence-electron chi connectivity index (χ0n) is 12.0. The molecule has 0 radical (unpaired) electrons. The highest BCUT2D eigenvalue weighted by molar-refractivity contribution is 5.85. The molecule has 2 heterocycles. The Morgan fingerprint density at radius 1 is 1.24 bits per heavy atom. The number of nitrogens with one attached hydrogen (secondary N) is 1. The van der Waals surface area contributed by atoms with Gasteiger partial charge in [-0.2, -0.15) is 5.26 Å². The highest BCUT2D eigenvalue weighted by Gasteiger charge is 2.46. The first-order valence-electron chi connectivity index (χ1n) is 7.23. The fraction of sp³-hybridized carbons (Fsp3) is 0.500. The van der Waals surface area contributed by atoms with Gasteiger partial charge in [0.1, 0.15) is 0 Å². The Kier molecular flexibility index (Phi) is 4.87. The Morgan fingerprint density at radius 3 is 2.67 bits per heavy atom. The van der Waals surface area contributed by atoms with E-state index in [1.165, 1.54) is 0 Å². The van der Waals surface area contributed by atoms with Gasteiger partial charge in [-0.05, 0) is 44.0 Å². The Morgan fingerprint density at radius 2 is 1.95 bits per heavy atom. The van der Waals surface area contributed by atoms with Crippen LogP contribution in [0.1, 0.15) is 30.4 Å². The molecule has 1 aromatic rings. The fourth-order valence-corrected chi connectivity index (χ4v) is 3.39. The van der Waals surface area contributed by atoms with Crippen molar-refractivity contribution in [3.05, 3.63) is 35.4 Å². The predicted molar refractivity (Wildman–Crippen MR) is 83.0 cm³/mol. The van der Waals surface area contributed by atoms with Crippen molar-refractivity contribution < 1.29 is 4.79 Å². The number of benzene rings is 1. The van der Waals surface area contributed by atoms with Crippen LogP contribution in [0.2, 0.25) is 0 Å².